The smallest absolute Gasteiger partial charge is 0.237 e. The molecule has 1 amide bonds. The second-order valence-corrected chi connectivity index (χ2v) is 6.06. The first-order chi connectivity index (χ1) is 10.5. The molecule has 0 bridgehead atoms. The summed E-state index contributed by atoms with van der Waals surface area (Å²) in [6, 6.07) is 9.57. The number of rotatable bonds is 10. The average Bonchev–Trinajstić information content (AvgIpc) is 2.50. The van der Waals surface area contributed by atoms with Crippen LogP contribution in [0.15, 0.2) is 30.3 Å². The Balaban J connectivity index is 2.40. The monoisotopic (exact) mass is 307 g/mol. The van der Waals surface area contributed by atoms with E-state index in [1.165, 1.54) is 5.56 Å². The number of nitrogens with two attached hydrogens (primary N) is 1. The summed E-state index contributed by atoms with van der Waals surface area (Å²) >= 11 is 0. The number of nitrogens with one attached hydrogen (secondary N) is 2. The first-order valence-electron chi connectivity index (χ1n) is 7.94. The average molecular weight is 307 g/mol. The Morgan fingerprint density at radius 2 is 1.91 bits per heavy atom. The van der Waals surface area contributed by atoms with Gasteiger partial charge in [0.2, 0.25) is 5.91 Å². The molecule has 2 atom stereocenters. The van der Waals surface area contributed by atoms with E-state index in [0.29, 0.717) is 25.4 Å². The molecule has 124 valence electrons. The SMILES string of the molecule is CC(C)CNC(=O)C(CCO)NC[C@@H](N)Cc1ccccc1. The highest BCUT2D eigenvalue weighted by molar-refractivity contribution is 5.81. The van der Waals surface area contributed by atoms with E-state index in [1.807, 2.05) is 44.2 Å². The second kappa shape index (κ2) is 10.3. The zero-order chi connectivity index (χ0) is 16.4. The van der Waals surface area contributed by atoms with Gasteiger partial charge in [-0.1, -0.05) is 44.2 Å². The molecule has 0 aliphatic heterocycles. The number of benzene rings is 1. The van der Waals surface area contributed by atoms with Gasteiger partial charge in [-0.05, 0) is 24.3 Å². The van der Waals surface area contributed by atoms with Gasteiger partial charge in [0.05, 0.1) is 6.04 Å². The van der Waals surface area contributed by atoms with Gasteiger partial charge in [-0.15, -0.1) is 0 Å². The van der Waals surface area contributed by atoms with Gasteiger partial charge in [0.25, 0.3) is 0 Å². The van der Waals surface area contributed by atoms with Crippen molar-refractivity contribution in [3.8, 4) is 0 Å². The van der Waals surface area contributed by atoms with Gasteiger partial charge in [0, 0.05) is 25.7 Å². The summed E-state index contributed by atoms with van der Waals surface area (Å²) in [6.45, 7) is 5.24. The lowest BCUT2D eigenvalue weighted by molar-refractivity contribution is -0.123. The Labute approximate surface area is 133 Å². The van der Waals surface area contributed by atoms with Crippen LogP contribution in [0.1, 0.15) is 25.8 Å². The number of aliphatic hydroxyl groups is 1. The van der Waals surface area contributed by atoms with Crippen LogP contribution in [-0.4, -0.2) is 42.8 Å². The molecule has 1 aromatic rings. The van der Waals surface area contributed by atoms with Crippen LogP contribution >= 0.6 is 0 Å². The van der Waals surface area contributed by atoms with Crippen molar-refractivity contribution in [1.29, 1.82) is 0 Å². The number of amides is 1. The molecule has 0 saturated heterocycles. The Bertz CT molecular complexity index is 423. The van der Waals surface area contributed by atoms with E-state index in [9.17, 15) is 4.79 Å². The summed E-state index contributed by atoms with van der Waals surface area (Å²) in [5, 5.41) is 15.2. The molecule has 0 radical (unpaired) electrons. The van der Waals surface area contributed by atoms with Gasteiger partial charge in [0.1, 0.15) is 0 Å². The topological polar surface area (TPSA) is 87.4 Å². The maximum atomic E-state index is 12.1. The number of hydrogen-bond acceptors (Lipinski definition) is 4. The van der Waals surface area contributed by atoms with Crippen LogP contribution in [0.4, 0.5) is 0 Å². The minimum atomic E-state index is -0.398. The third kappa shape index (κ3) is 7.54. The van der Waals surface area contributed by atoms with E-state index in [2.05, 4.69) is 10.6 Å². The molecular weight excluding hydrogens is 278 g/mol. The molecule has 22 heavy (non-hydrogen) atoms. The molecule has 5 heteroatoms. The van der Waals surface area contributed by atoms with Gasteiger partial charge in [0.15, 0.2) is 0 Å². The van der Waals surface area contributed by atoms with Crippen molar-refractivity contribution in [3.05, 3.63) is 35.9 Å². The molecular formula is C17H29N3O2. The molecule has 0 aliphatic carbocycles. The van der Waals surface area contributed by atoms with Crippen molar-refractivity contribution in [2.75, 3.05) is 19.7 Å². The molecule has 1 aromatic carbocycles. The van der Waals surface area contributed by atoms with E-state index in [4.69, 9.17) is 10.8 Å². The largest absolute Gasteiger partial charge is 0.396 e. The van der Waals surface area contributed by atoms with Gasteiger partial charge in [-0.3, -0.25) is 4.79 Å². The maximum absolute atomic E-state index is 12.1. The summed E-state index contributed by atoms with van der Waals surface area (Å²) in [7, 11) is 0. The Kier molecular flexibility index (Phi) is 8.74. The fraction of sp³-hybridized carbons (Fsp3) is 0.588. The van der Waals surface area contributed by atoms with Crippen molar-refractivity contribution in [3.63, 3.8) is 0 Å². The molecule has 0 aromatic heterocycles. The van der Waals surface area contributed by atoms with Gasteiger partial charge < -0.3 is 21.5 Å². The van der Waals surface area contributed by atoms with Gasteiger partial charge >= 0.3 is 0 Å². The van der Waals surface area contributed by atoms with Crippen molar-refractivity contribution in [2.45, 2.75) is 38.8 Å². The molecule has 5 nitrogen and oxygen atoms in total. The highest BCUT2D eigenvalue weighted by atomic mass is 16.3. The minimum Gasteiger partial charge on any atom is -0.396 e. The first kappa shape index (κ1) is 18.6. The standard InChI is InChI=1S/C17H29N3O2/c1-13(2)11-20-17(22)16(8-9-21)19-12-15(18)10-14-6-4-3-5-7-14/h3-7,13,15-16,19,21H,8-12,18H2,1-2H3,(H,20,22)/t15-,16?/m0/s1. The van der Waals surface area contributed by atoms with Crippen LogP contribution in [0, 0.1) is 5.92 Å². The predicted octanol–water partition coefficient (Wildman–Crippen LogP) is 0.669. The fourth-order valence-corrected chi connectivity index (χ4v) is 2.17. The van der Waals surface area contributed by atoms with Crippen molar-refractivity contribution in [2.24, 2.45) is 11.7 Å². The molecule has 0 heterocycles. The number of carbonyl (C=O) groups excluding carboxylic acids is 1. The third-order valence-corrected chi connectivity index (χ3v) is 3.39. The summed E-state index contributed by atoms with van der Waals surface area (Å²) in [4.78, 5) is 12.1. The van der Waals surface area contributed by atoms with Crippen molar-refractivity contribution >= 4 is 5.91 Å². The summed E-state index contributed by atoms with van der Waals surface area (Å²) < 4.78 is 0. The van der Waals surface area contributed by atoms with Crippen LogP contribution in [0.3, 0.4) is 0 Å². The van der Waals surface area contributed by atoms with E-state index in [1.54, 1.807) is 0 Å². The third-order valence-electron chi connectivity index (χ3n) is 3.39. The summed E-state index contributed by atoms with van der Waals surface area (Å²) in [5.74, 6) is 0.328. The van der Waals surface area contributed by atoms with E-state index >= 15 is 0 Å². The predicted molar refractivity (Wildman–Crippen MR) is 89.5 cm³/mol. The summed E-state index contributed by atoms with van der Waals surface area (Å²) in [6.07, 6.45) is 1.15. The number of carbonyl (C=O) groups is 1. The number of hydrogen-bond donors (Lipinski definition) is 4. The Morgan fingerprint density at radius 1 is 1.23 bits per heavy atom. The minimum absolute atomic E-state index is 0.0271. The first-order valence-corrected chi connectivity index (χ1v) is 7.94. The van der Waals surface area contributed by atoms with Crippen LogP contribution in [0.2, 0.25) is 0 Å². The quantitative estimate of drug-likeness (QED) is 0.512. The molecule has 0 saturated carbocycles. The second-order valence-electron chi connectivity index (χ2n) is 6.06. The molecule has 0 aliphatic rings. The van der Waals surface area contributed by atoms with Crippen LogP contribution in [-0.2, 0) is 11.2 Å². The van der Waals surface area contributed by atoms with Crippen molar-refractivity contribution in [1.82, 2.24) is 10.6 Å². The summed E-state index contributed by atoms with van der Waals surface area (Å²) in [5.41, 5.74) is 7.30. The van der Waals surface area contributed by atoms with E-state index in [0.717, 1.165) is 6.42 Å². The van der Waals surface area contributed by atoms with E-state index in [-0.39, 0.29) is 18.6 Å². The zero-order valence-electron chi connectivity index (χ0n) is 13.6. The lowest BCUT2D eigenvalue weighted by Gasteiger charge is -2.21. The zero-order valence-corrected chi connectivity index (χ0v) is 13.6. The molecule has 0 spiro atoms. The lowest BCUT2D eigenvalue weighted by atomic mass is 10.1. The lowest BCUT2D eigenvalue weighted by Crippen LogP contribution is -2.49. The highest BCUT2D eigenvalue weighted by Crippen LogP contribution is 2.02. The van der Waals surface area contributed by atoms with Crippen LogP contribution in [0.25, 0.3) is 0 Å². The molecule has 0 fully saturated rings. The van der Waals surface area contributed by atoms with Gasteiger partial charge in [-0.25, -0.2) is 0 Å². The Hall–Kier alpha value is -1.43. The van der Waals surface area contributed by atoms with Crippen molar-refractivity contribution < 1.29 is 9.90 Å². The molecule has 5 N–H and O–H groups in total. The van der Waals surface area contributed by atoms with Crippen LogP contribution in [0.5, 0.6) is 0 Å². The fourth-order valence-electron chi connectivity index (χ4n) is 2.17. The van der Waals surface area contributed by atoms with E-state index < -0.39 is 6.04 Å². The highest BCUT2D eigenvalue weighted by Gasteiger charge is 2.18. The van der Waals surface area contributed by atoms with Gasteiger partial charge in [-0.2, -0.15) is 0 Å². The maximum Gasteiger partial charge on any atom is 0.237 e. The molecule has 1 rings (SSSR count). The van der Waals surface area contributed by atoms with Crippen LogP contribution < -0.4 is 16.4 Å². The molecule has 1 unspecified atom stereocenters. The normalized spacial score (nSPS) is 13.9. The number of aliphatic hydroxyl groups excluding tert-OH is 1. The Morgan fingerprint density at radius 3 is 2.50 bits per heavy atom.